The largest absolute Gasteiger partial charge is 0.359 e. The Bertz CT molecular complexity index is 616. The molecule has 120 valence electrons. The molecule has 5 heteroatoms. The van der Waals surface area contributed by atoms with E-state index in [2.05, 4.69) is 41.3 Å². The molecular weight excluding hydrogens is 276 g/mol. The molecule has 1 aliphatic heterocycles. The zero-order chi connectivity index (χ0) is 15.5. The minimum Gasteiger partial charge on any atom is -0.359 e. The SMILES string of the molecule is CCn1cc(CN2CCCCC[C@H]2c2cc(C)no2)c(C)n1. The first-order valence-electron chi connectivity index (χ1n) is 8.37. The first-order valence-corrected chi connectivity index (χ1v) is 8.37. The van der Waals surface area contributed by atoms with Crippen LogP contribution in [0.4, 0.5) is 0 Å². The van der Waals surface area contributed by atoms with Crippen molar-refractivity contribution in [1.82, 2.24) is 19.8 Å². The summed E-state index contributed by atoms with van der Waals surface area (Å²) >= 11 is 0. The minimum absolute atomic E-state index is 0.341. The molecule has 0 bridgehead atoms. The Labute approximate surface area is 132 Å². The predicted octanol–water partition coefficient (Wildman–Crippen LogP) is 3.63. The average molecular weight is 302 g/mol. The van der Waals surface area contributed by atoms with Crippen LogP contribution in [0, 0.1) is 13.8 Å². The molecule has 0 aromatic carbocycles. The maximum atomic E-state index is 5.57. The van der Waals surface area contributed by atoms with Crippen LogP contribution in [-0.2, 0) is 13.1 Å². The number of nitrogens with zero attached hydrogens (tertiary/aromatic N) is 4. The maximum absolute atomic E-state index is 5.57. The number of hydrogen-bond acceptors (Lipinski definition) is 4. The number of aryl methyl sites for hydroxylation is 3. The molecule has 1 aliphatic rings. The first-order chi connectivity index (χ1) is 10.7. The second kappa shape index (κ2) is 6.65. The van der Waals surface area contributed by atoms with Crippen LogP contribution < -0.4 is 0 Å². The van der Waals surface area contributed by atoms with E-state index in [0.29, 0.717) is 6.04 Å². The molecule has 5 nitrogen and oxygen atoms in total. The lowest BCUT2D eigenvalue weighted by molar-refractivity contribution is 0.159. The van der Waals surface area contributed by atoms with Crippen molar-refractivity contribution in [2.45, 2.75) is 65.6 Å². The van der Waals surface area contributed by atoms with Gasteiger partial charge in [-0.15, -0.1) is 0 Å². The summed E-state index contributed by atoms with van der Waals surface area (Å²) in [7, 11) is 0. The van der Waals surface area contributed by atoms with Crippen molar-refractivity contribution < 1.29 is 4.52 Å². The topological polar surface area (TPSA) is 47.1 Å². The van der Waals surface area contributed by atoms with Gasteiger partial charge in [-0.25, -0.2) is 0 Å². The number of aromatic nitrogens is 3. The second-order valence-electron chi connectivity index (χ2n) is 6.30. The first kappa shape index (κ1) is 15.3. The van der Waals surface area contributed by atoms with Gasteiger partial charge in [0.2, 0.25) is 0 Å². The van der Waals surface area contributed by atoms with E-state index in [1.54, 1.807) is 0 Å². The van der Waals surface area contributed by atoms with Gasteiger partial charge >= 0.3 is 0 Å². The fourth-order valence-electron chi connectivity index (χ4n) is 3.31. The highest BCUT2D eigenvalue weighted by atomic mass is 16.5. The molecule has 22 heavy (non-hydrogen) atoms. The van der Waals surface area contributed by atoms with Crippen LogP contribution in [0.3, 0.4) is 0 Å². The maximum Gasteiger partial charge on any atom is 0.154 e. The Morgan fingerprint density at radius 3 is 2.82 bits per heavy atom. The molecule has 1 atom stereocenters. The third kappa shape index (κ3) is 3.24. The third-order valence-corrected chi connectivity index (χ3v) is 4.58. The Morgan fingerprint density at radius 1 is 1.27 bits per heavy atom. The summed E-state index contributed by atoms with van der Waals surface area (Å²) in [6.07, 6.45) is 7.14. The molecule has 0 aliphatic carbocycles. The molecule has 0 unspecified atom stereocenters. The van der Waals surface area contributed by atoms with Crippen LogP contribution in [0.2, 0.25) is 0 Å². The Morgan fingerprint density at radius 2 is 2.14 bits per heavy atom. The Balaban J connectivity index is 1.82. The molecule has 3 heterocycles. The van der Waals surface area contributed by atoms with Gasteiger partial charge in [-0.05, 0) is 40.2 Å². The zero-order valence-electron chi connectivity index (χ0n) is 13.9. The molecule has 0 amide bonds. The van der Waals surface area contributed by atoms with Crippen molar-refractivity contribution in [3.63, 3.8) is 0 Å². The van der Waals surface area contributed by atoms with Gasteiger partial charge in [0, 0.05) is 30.9 Å². The number of hydrogen-bond donors (Lipinski definition) is 0. The van der Waals surface area contributed by atoms with Gasteiger partial charge in [0.15, 0.2) is 5.76 Å². The standard InChI is InChI=1S/C17H26N4O/c1-4-21-12-15(14(3)18-21)11-20-9-7-5-6-8-16(20)17-10-13(2)19-22-17/h10,12,16H,4-9,11H2,1-3H3/t16-/m0/s1. The van der Waals surface area contributed by atoms with Gasteiger partial charge in [0.05, 0.1) is 17.4 Å². The van der Waals surface area contributed by atoms with Crippen LogP contribution >= 0.6 is 0 Å². The van der Waals surface area contributed by atoms with E-state index >= 15 is 0 Å². The lowest BCUT2D eigenvalue weighted by atomic mass is 10.1. The lowest BCUT2D eigenvalue weighted by Crippen LogP contribution is -2.28. The predicted molar refractivity (Wildman–Crippen MR) is 85.5 cm³/mol. The van der Waals surface area contributed by atoms with E-state index in [9.17, 15) is 0 Å². The second-order valence-corrected chi connectivity index (χ2v) is 6.30. The highest BCUT2D eigenvalue weighted by Gasteiger charge is 2.26. The van der Waals surface area contributed by atoms with Gasteiger partial charge in [-0.2, -0.15) is 5.10 Å². The minimum atomic E-state index is 0.341. The number of likely N-dealkylation sites (tertiary alicyclic amines) is 1. The van der Waals surface area contributed by atoms with Crippen molar-refractivity contribution in [3.8, 4) is 0 Å². The fraction of sp³-hybridized carbons (Fsp3) is 0.647. The summed E-state index contributed by atoms with van der Waals surface area (Å²) in [5.74, 6) is 1.01. The smallest absolute Gasteiger partial charge is 0.154 e. The van der Waals surface area contributed by atoms with E-state index in [1.807, 2.05) is 11.6 Å². The van der Waals surface area contributed by atoms with Gasteiger partial charge in [0.1, 0.15) is 0 Å². The molecule has 0 saturated carbocycles. The molecule has 0 radical (unpaired) electrons. The monoisotopic (exact) mass is 302 g/mol. The lowest BCUT2D eigenvalue weighted by Gasteiger charge is -2.27. The summed E-state index contributed by atoms with van der Waals surface area (Å²) in [5.41, 5.74) is 3.43. The third-order valence-electron chi connectivity index (χ3n) is 4.58. The van der Waals surface area contributed by atoms with Crippen molar-refractivity contribution >= 4 is 0 Å². The van der Waals surface area contributed by atoms with Gasteiger partial charge in [-0.3, -0.25) is 9.58 Å². The Hall–Kier alpha value is -1.62. The Kier molecular flexibility index (Phi) is 4.62. The average Bonchev–Trinajstić information content (AvgIpc) is 3.00. The van der Waals surface area contributed by atoms with E-state index in [4.69, 9.17) is 4.52 Å². The molecular formula is C17H26N4O. The van der Waals surface area contributed by atoms with E-state index in [1.165, 1.54) is 24.8 Å². The summed E-state index contributed by atoms with van der Waals surface area (Å²) in [5, 5.41) is 8.65. The van der Waals surface area contributed by atoms with Crippen LogP contribution in [0.25, 0.3) is 0 Å². The van der Waals surface area contributed by atoms with Crippen LogP contribution in [0.15, 0.2) is 16.8 Å². The summed E-state index contributed by atoms with van der Waals surface area (Å²) in [4.78, 5) is 2.54. The van der Waals surface area contributed by atoms with Gasteiger partial charge in [0.25, 0.3) is 0 Å². The van der Waals surface area contributed by atoms with Crippen LogP contribution in [0.1, 0.15) is 61.4 Å². The molecule has 0 spiro atoms. The summed E-state index contributed by atoms with van der Waals surface area (Å²) < 4.78 is 7.60. The molecule has 1 fully saturated rings. The highest BCUT2D eigenvalue weighted by molar-refractivity contribution is 5.16. The van der Waals surface area contributed by atoms with Crippen molar-refractivity contribution in [1.29, 1.82) is 0 Å². The van der Waals surface area contributed by atoms with Crippen LogP contribution in [-0.4, -0.2) is 26.4 Å². The van der Waals surface area contributed by atoms with E-state index in [0.717, 1.165) is 43.2 Å². The molecule has 1 saturated heterocycles. The normalized spacial score (nSPS) is 20.2. The van der Waals surface area contributed by atoms with Crippen molar-refractivity contribution in [3.05, 3.63) is 35.0 Å². The van der Waals surface area contributed by atoms with E-state index in [-0.39, 0.29) is 0 Å². The molecule has 2 aromatic rings. The molecule has 3 rings (SSSR count). The quantitative estimate of drug-likeness (QED) is 0.865. The fourth-order valence-corrected chi connectivity index (χ4v) is 3.31. The molecule has 2 aromatic heterocycles. The molecule has 0 N–H and O–H groups in total. The zero-order valence-corrected chi connectivity index (χ0v) is 13.9. The van der Waals surface area contributed by atoms with Crippen molar-refractivity contribution in [2.24, 2.45) is 0 Å². The van der Waals surface area contributed by atoms with Gasteiger partial charge < -0.3 is 4.52 Å². The van der Waals surface area contributed by atoms with Gasteiger partial charge in [-0.1, -0.05) is 18.0 Å². The van der Waals surface area contributed by atoms with E-state index < -0.39 is 0 Å². The highest BCUT2D eigenvalue weighted by Crippen LogP contribution is 2.32. The van der Waals surface area contributed by atoms with Crippen molar-refractivity contribution in [2.75, 3.05) is 6.54 Å². The summed E-state index contributed by atoms with van der Waals surface area (Å²) in [6, 6.07) is 2.43. The number of rotatable bonds is 4. The summed E-state index contributed by atoms with van der Waals surface area (Å²) in [6.45, 7) is 9.20. The van der Waals surface area contributed by atoms with Crippen LogP contribution in [0.5, 0.6) is 0 Å².